The van der Waals surface area contributed by atoms with E-state index in [2.05, 4.69) is 36.2 Å². The minimum Gasteiger partial charge on any atom is -0.343 e. The largest absolute Gasteiger partial charge is 0.343 e. The van der Waals surface area contributed by atoms with E-state index in [1.54, 1.807) is 23.4 Å². The molecule has 0 aliphatic rings. The minimum absolute atomic E-state index is 0.00907. The van der Waals surface area contributed by atoms with Gasteiger partial charge in [-0.15, -0.1) is 0 Å². The van der Waals surface area contributed by atoms with Crippen LogP contribution in [0.25, 0.3) is 0 Å². The zero-order chi connectivity index (χ0) is 20.7. The summed E-state index contributed by atoms with van der Waals surface area (Å²) in [6.07, 6.45) is 1.91. The fraction of sp³-hybridized carbons (Fsp3) is 0.500. The Kier molecular flexibility index (Phi) is 8.30. The third-order valence-electron chi connectivity index (χ3n) is 4.93. The molecule has 28 heavy (non-hydrogen) atoms. The second-order valence-corrected chi connectivity index (χ2v) is 8.07. The van der Waals surface area contributed by atoms with Crippen molar-refractivity contribution in [3.63, 3.8) is 0 Å². The molecule has 0 N–H and O–H groups in total. The molecule has 0 bridgehead atoms. The third kappa shape index (κ3) is 5.71. The highest BCUT2D eigenvalue weighted by Gasteiger charge is 2.14. The number of amides is 1. The molecule has 2 rings (SSSR count). The summed E-state index contributed by atoms with van der Waals surface area (Å²) in [7, 11) is 1.77. The zero-order valence-electron chi connectivity index (χ0n) is 17.6. The van der Waals surface area contributed by atoms with Gasteiger partial charge in [-0.1, -0.05) is 41.6 Å². The van der Waals surface area contributed by atoms with Gasteiger partial charge in [-0.2, -0.15) is 0 Å². The van der Waals surface area contributed by atoms with E-state index in [1.165, 1.54) is 5.56 Å². The number of aromatic nitrogens is 2. The van der Waals surface area contributed by atoms with Crippen LogP contribution >= 0.6 is 11.8 Å². The van der Waals surface area contributed by atoms with Gasteiger partial charge >= 0.3 is 0 Å². The van der Waals surface area contributed by atoms with Crippen LogP contribution in [0.15, 0.2) is 34.2 Å². The smallest absolute Gasteiger partial charge is 0.257 e. The normalized spacial score (nSPS) is 10.9. The lowest BCUT2D eigenvalue weighted by molar-refractivity contribution is -0.130. The van der Waals surface area contributed by atoms with Crippen LogP contribution in [-0.4, -0.2) is 39.2 Å². The number of carbonyl (C=O) groups is 1. The molecule has 5 nitrogen and oxygen atoms in total. The van der Waals surface area contributed by atoms with E-state index in [0.717, 1.165) is 42.1 Å². The lowest BCUT2D eigenvalue weighted by atomic mass is 10.0. The Morgan fingerprint density at radius 1 is 1.14 bits per heavy atom. The second-order valence-electron chi connectivity index (χ2n) is 7.00. The summed E-state index contributed by atoms with van der Waals surface area (Å²) >= 11 is 1.54. The molecule has 0 fully saturated rings. The number of hydrogen-bond donors (Lipinski definition) is 0. The summed E-state index contributed by atoms with van der Waals surface area (Å²) in [4.78, 5) is 31.4. The molecule has 1 aromatic carbocycles. The van der Waals surface area contributed by atoms with Gasteiger partial charge in [0.15, 0.2) is 5.16 Å². The van der Waals surface area contributed by atoms with Crippen LogP contribution in [0.3, 0.4) is 0 Å². The molecule has 0 aliphatic heterocycles. The molecule has 0 radical (unpaired) electrons. The maximum atomic E-state index is 12.8. The Morgan fingerprint density at radius 2 is 1.79 bits per heavy atom. The van der Waals surface area contributed by atoms with Gasteiger partial charge in [0, 0.05) is 50.0 Å². The van der Waals surface area contributed by atoms with Crippen LogP contribution < -0.4 is 5.56 Å². The van der Waals surface area contributed by atoms with Crippen molar-refractivity contribution < 1.29 is 4.79 Å². The Hall–Kier alpha value is -2.08. The second kappa shape index (κ2) is 10.5. The average molecular weight is 402 g/mol. The van der Waals surface area contributed by atoms with Gasteiger partial charge in [-0.05, 0) is 39.7 Å². The van der Waals surface area contributed by atoms with Crippen LogP contribution in [0.4, 0.5) is 0 Å². The molecule has 0 saturated carbocycles. The summed E-state index contributed by atoms with van der Waals surface area (Å²) < 4.78 is 1.63. The first kappa shape index (κ1) is 22.2. The number of nitrogens with zero attached hydrogens (tertiary/aromatic N) is 3. The van der Waals surface area contributed by atoms with Gasteiger partial charge in [0.2, 0.25) is 5.91 Å². The zero-order valence-corrected chi connectivity index (χ0v) is 18.4. The predicted octanol–water partition coefficient (Wildman–Crippen LogP) is 3.73. The van der Waals surface area contributed by atoms with Crippen LogP contribution in [0.1, 0.15) is 49.1 Å². The Labute approximate surface area is 172 Å². The van der Waals surface area contributed by atoms with Gasteiger partial charge in [-0.3, -0.25) is 14.2 Å². The molecule has 1 amide bonds. The summed E-state index contributed by atoms with van der Waals surface area (Å²) in [5.41, 5.74) is 3.85. The molecule has 1 heterocycles. The number of aryl methyl sites for hydroxylation is 2. The highest BCUT2D eigenvalue weighted by atomic mass is 32.2. The lowest BCUT2D eigenvalue weighted by Crippen LogP contribution is -2.30. The first-order chi connectivity index (χ1) is 13.4. The fourth-order valence-electron chi connectivity index (χ4n) is 3.09. The Bertz CT molecular complexity index is 855. The van der Waals surface area contributed by atoms with Crippen molar-refractivity contribution in [3.8, 4) is 0 Å². The number of rotatable bonds is 9. The topological polar surface area (TPSA) is 55.2 Å². The van der Waals surface area contributed by atoms with Crippen molar-refractivity contribution >= 4 is 17.7 Å². The van der Waals surface area contributed by atoms with E-state index in [4.69, 9.17) is 0 Å². The molecule has 0 saturated heterocycles. The van der Waals surface area contributed by atoms with Crippen molar-refractivity contribution in [3.05, 3.63) is 57.0 Å². The predicted molar refractivity (Wildman–Crippen MR) is 116 cm³/mol. The van der Waals surface area contributed by atoms with E-state index < -0.39 is 0 Å². The van der Waals surface area contributed by atoms with Crippen LogP contribution in [-0.2, 0) is 18.3 Å². The van der Waals surface area contributed by atoms with Crippen LogP contribution in [0.5, 0.6) is 0 Å². The molecule has 0 aliphatic carbocycles. The Morgan fingerprint density at radius 3 is 2.39 bits per heavy atom. The van der Waals surface area contributed by atoms with Crippen molar-refractivity contribution in [2.45, 2.75) is 52.1 Å². The van der Waals surface area contributed by atoms with E-state index in [-0.39, 0.29) is 11.5 Å². The molecule has 1 aromatic heterocycles. The van der Waals surface area contributed by atoms with Gasteiger partial charge in [-0.25, -0.2) is 4.98 Å². The van der Waals surface area contributed by atoms with Crippen LogP contribution in [0, 0.1) is 13.8 Å². The highest BCUT2D eigenvalue weighted by Crippen LogP contribution is 2.18. The van der Waals surface area contributed by atoms with Gasteiger partial charge in [0.1, 0.15) is 0 Å². The summed E-state index contributed by atoms with van der Waals surface area (Å²) in [5, 5.41) is 0.713. The fourth-order valence-corrected chi connectivity index (χ4v) is 4.04. The first-order valence-corrected chi connectivity index (χ1v) is 10.9. The van der Waals surface area contributed by atoms with E-state index in [9.17, 15) is 9.59 Å². The molecule has 0 unspecified atom stereocenters. The summed E-state index contributed by atoms with van der Waals surface area (Å²) in [6, 6.07) is 8.24. The third-order valence-corrected chi connectivity index (χ3v) is 6.05. The maximum Gasteiger partial charge on any atom is 0.257 e. The lowest BCUT2D eigenvalue weighted by Gasteiger charge is -2.18. The van der Waals surface area contributed by atoms with Crippen LogP contribution in [0.2, 0.25) is 0 Å². The summed E-state index contributed by atoms with van der Waals surface area (Å²) in [5.74, 6) is 0.960. The molecule has 0 atom stereocenters. The van der Waals surface area contributed by atoms with E-state index >= 15 is 0 Å². The standard InChI is InChI=1S/C22H31N3O2S/c1-6-25(7-2)20(26)9-8-14-28-22-23-17(4)19(21(27)24(22)5)15-18-12-10-16(3)11-13-18/h10-13H,6-9,14-15H2,1-5H3. The quantitative estimate of drug-likeness (QED) is 0.365. The van der Waals surface area contributed by atoms with Crippen molar-refractivity contribution in [1.29, 1.82) is 0 Å². The van der Waals surface area contributed by atoms with Gasteiger partial charge < -0.3 is 4.90 Å². The molecule has 2 aromatic rings. The van der Waals surface area contributed by atoms with Crippen molar-refractivity contribution in [2.75, 3.05) is 18.8 Å². The summed E-state index contributed by atoms with van der Waals surface area (Å²) in [6.45, 7) is 9.45. The maximum absolute atomic E-state index is 12.8. The highest BCUT2D eigenvalue weighted by molar-refractivity contribution is 7.99. The molecular weight excluding hydrogens is 370 g/mol. The first-order valence-electron chi connectivity index (χ1n) is 9.89. The molecule has 6 heteroatoms. The number of hydrogen-bond acceptors (Lipinski definition) is 4. The monoisotopic (exact) mass is 401 g/mol. The number of benzene rings is 1. The molecule has 152 valence electrons. The average Bonchev–Trinajstić information content (AvgIpc) is 2.68. The van der Waals surface area contributed by atoms with E-state index in [0.29, 0.717) is 18.0 Å². The Balaban J connectivity index is 2.02. The van der Waals surface area contributed by atoms with Crippen molar-refractivity contribution in [2.24, 2.45) is 7.05 Å². The number of carbonyl (C=O) groups excluding carboxylic acids is 1. The van der Waals surface area contributed by atoms with Crippen molar-refractivity contribution in [1.82, 2.24) is 14.5 Å². The van der Waals surface area contributed by atoms with E-state index in [1.807, 2.05) is 25.7 Å². The SMILES string of the molecule is CCN(CC)C(=O)CCCSc1nc(C)c(Cc2ccc(C)cc2)c(=O)n1C. The number of thioether (sulfide) groups is 1. The van der Waals surface area contributed by atoms with Gasteiger partial charge in [0.05, 0.1) is 0 Å². The van der Waals surface area contributed by atoms with Gasteiger partial charge in [0.25, 0.3) is 5.56 Å². The minimum atomic E-state index is 0.00907. The molecule has 0 spiro atoms. The molecular formula is C22H31N3O2S.